The van der Waals surface area contributed by atoms with Gasteiger partial charge >= 0.3 is 23.3 Å². The van der Waals surface area contributed by atoms with Gasteiger partial charge in [-0.15, -0.1) is 23.5 Å². The van der Waals surface area contributed by atoms with Crippen molar-refractivity contribution in [3.8, 4) is 0 Å². The lowest BCUT2D eigenvalue weighted by Gasteiger charge is -2.12. The first-order valence-corrected chi connectivity index (χ1v) is 10.9. The molecule has 0 radical (unpaired) electrons. The Hall–Kier alpha value is -3.08. The maximum atomic E-state index is 11.4. The van der Waals surface area contributed by atoms with E-state index in [1.54, 1.807) is 0 Å². The Morgan fingerprint density at radius 3 is 1.53 bits per heavy atom. The lowest BCUT2D eigenvalue weighted by molar-refractivity contribution is -0.148. The smallest absolute Gasteiger partial charge is 0.351 e. The van der Waals surface area contributed by atoms with E-state index in [0.29, 0.717) is 11.5 Å². The zero-order chi connectivity index (χ0) is 23.4. The molecule has 0 aliphatic carbocycles. The molecule has 6 N–H and O–H groups in total. The van der Waals surface area contributed by atoms with Crippen LogP contribution >= 0.6 is 23.5 Å². The molecule has 32 heavy (non-hydrogen) atoms. The largest absolute Gasteiger partial charge is 0.479 e. The van der Waals surface area contributed by atoms with Crippen molar-refractivity contribution in [3.63, 3.8) is 0 Å². The van der Waals surface area contributed by atoms with E-state index in [1.165, 1.54) is 33.7 Å². The molecule has 0 saturated carbocycles. The van der Waals surface area contributed by atoms with Gasteiger partial charge in [0.15, 0.2) is 0 Å². The predicted molar refractivity (Wildman–Crippen MR) is 114 cm³/mol. The number of carbonyl (C=O) groups is 2. The highest BCUT2D eigenvalue weighted by Gasteiger charge is 2.33. The summed E-state index contributed by atoms with van der Waals surface area (Å²) in [6.45, 7) is 0. The van der Waals surface area contributed by atoms with Crippen LogP contribution in [-0.2, 0) is 19.1 Å². The lowest BCUT2D eigenvalue weighted by Crippen LogP contribution is -2.29. The summed E-state index contributed by atoms with van der Waals surface area (Å²) < 4.78 is 12.8. The van der Waals surface area contributed by atoms with Crippen molar-refractivity contribution in [2.24, 2.45) is 0 Å². The molecule has 2 fully saturated rings. The molecule has 2 aromatic heterocycles. The molecule has 2 aliphatic heterocycles. The van der Waals surface area contributed by atoms with Crippen LogP contribution in [0.5, 0.6) is 0 Å². The molecule has 0 aromatic carbocycles. The molecule has 2 aliphatic rings. The van der Waals surface area contributed by atoms with Gasteiger partial charge in [0.25, 0.3) is 0 Å². The Morgan fingerprint density at radius 2 is 1.25 bits per heavy atom. The van der Waals surface area contributed by atoms with Crippen LogP contribution in [0.4, 0.5) is 11.6 Å². The first-order chi connectivity index (χ1) is 15.2. The monoisotopic (exact) mass is 492 g/mol. The number of ether oxygens (including phenoxy) is 2. The fraction of sp³-hybridized carbons (Fsp3) is 0.375. The molecule has 172 valence electrons. The van der Waals surface area contributed by atoms with Gasteiger partial charge in [-0.3, -0.25) is 9.13 Å². The zero-order valence-corrected chi connectivity index (χ0v) is 17.8. The molecular formula is C16H18N6O8S2. The number of hydrogen-bond donors (Lipinski definition) is 4. The summed E-state index contributed by atoms with van der Waals surface area (Å²) >= 11 is 2.25. The predicted octanol–water partition coefficient (Wildman–Crippen LogP) is -1.00. The van der Waals surface area contributed by atoms with Crippen LogP contribution in [0.3, 0.4) is 0 Å². The molecule has 4 atom stereocenters. The average molecular weight is 492 g/mol. The number of carboxylic acids is 2. The van der Waals surface area contributed by atoms with E-state index in [0.717, 1.165) is 23.5 Å². The van der Waals surface area contributed by atoms with E-state index >= 15 is 0 Å². The van der Waals surface area contributed by atoms with Crippen LogP contribution in [0.15, 0.2) is 34.1 Å². The molecule has 14 nitrogen and oxygen atoms in total. The summed E-state index contributed by atoms with van der Waals surface area (Å²) in [4.78, 5) is 51.2. The molecule has 0 spiro atoms. The Bertz CT molecular complexity index is 1040. The quantitative estimate of drug-likeness (QED) is 0.403. The summed E-state index contributed by atoms with van der Waals surface area (Å²) in [7, 11) is 0. The summed E-state index contributed by atoms with van der Waals surface area (Å²) in [6, 6.07) is 2.92. The van der Waals surface area contributed by atoms with Gasteiger partial charge in [-0.05, 0) is 12.1 Å². The second-order valence-electron chi connectivity index (χ2n) is 6.27. The maximum absolute atomic E-state index is 11.4. The maximum Gasteiger partial charge on any atom is 0.351 e. The normalized spacial score (nSPS) is 24.5. The van der Waals surface area contributed by atoms with Crippen LogP contribution in [0, 0.1) is 0 Å². The van der Waals surface area contributed by atoms with E-state index in [4.69, 9.17) is 31.2 Å². The number of anilines is 2. The second kappa shape index (κ2) is 10.0. The van der Waals surface area contributed by atoms with Crippen LogP contribution in [0.25, 0.3) is 0 Å². The van der Waals surface area contributed by atoms with Gasteiger partial charge in [0, 0.05) is 23.9 Å². The van der Waals surface area contributed by atoms with Gasteiger partial charge in [-0.2, -0.15) is 9.97 Å². The summed E-state index contributed by atoms with van der Waals surface area (Å²) in [5.41, 5.74) is 7.71. The van der Waals surface area contributed by atoms with Crippen molar-refractivity contribution in [1.82, 2.24) is 19.1 Å². The third-order valence-corrected chi connectivity index (χ3v) is 6.25. The molecule has 4 rings (SSSR count). The van der Waals surface area contributed by atoms with Crippen LogP contribution < -0.4 is 22.8 Å². The zero-order valence-electron chi connectivity index (χ0n) is 16.1. The Labute approximate surface area is 187 Å². The van der Waals surface area contributed by atoms with Gasteiger partial charge < -0.3 is 31.2 Å². The van der Waals surface area contributed by atoms with Crippen molar-refractivity contribution < 1.29 is 29.3 Å². The molecular weight excluding hydrogens is 474 g/mol. The van der Waals surface area contributed by atoms with E-state index < -0.39 is 46.6 Å². The van der Waals surface area contributed by atoms with Crippen LogP contribution in [0.1, 0.15) is 12.5 Å². The summed E-state index contributed by atoms with van der Waals surface area (Å²) in [6.07, 6.45) is 1.68. The van der Waals surface area contributed by atoms with Crippen molar-refractivity contribution in [3.05, 3.63) is 45.5 Å². The second-order valence-corrected chi connectivity index (χ2v) is 8.46. The topological polar surface area (TPSA) is 215 Å². The Balaban J connectivity index is 0.000000181. The van der Waals surface area contributed by atoms with E-state index in [2.05, 4.69) is 9.97 Å². The van der Waals surface area contributed by atoms with Crippen molar-refractivity contribution in [2.75, 3.05) is 23.0 Å². The Morgan fingerprint density at radius 1 is 0.875 bits per heavy atom. The average Bonchev–Trinajstić information content (AvgIpc) is 3.38. The number of nitrogen functional groups attached to an aromatic ring is 2. The standard InChI is InChI=1S/2C8H9N3O4S/c2*9-4-1-2-11(8(14)10-4)5-3-16-7(15-5)6(12)13/h2*1-2,5,7H,3H2,(H,12,13)(H2,9,10,14)/t2*5-,7+/m10/s1/i2*8+1,10+1,11+1. The van der Waals surface area contributed by atoms with Crippen molar-refractivity contribution in [2.45, 2.75) is 23.3 Å². The molecule has 0 bridgehead atoms. The van der Waals surface area contributed by atoms with Gasteiger partial charge in [0.1, 0.15) is 24.1 Å². The summed E-state index contributed by atoms with van der Waals surface area (Å²) in [5.74, 6) is -1.07. The minimum atomic E-state index is -1.05. The fourth-order valence-electron chi connectivity index (χ4n) is 2.62. The lowest BCUT2D eigenvalue weighted by atomic mass is 10.6. The number of carboxylic acid groups (broad SMARTS) is 2. The third-order valence-electron chi connectivity index (χ3n) is 4.07. The molecule has 4 heterocycles. The van der Waals surface area contributed by atoms with E-state index in [1.807, 2.05) is 0 Å². The minimum Gasteiger partial charge on any atom is -0.479 e. The highest BCUT2D eigenvalue weighted by molar-refractivity contribution is 8.00. The van der Waals surface area contributed by atoms with Gasteiger partial charge in [0.05, 0.1) is 0 Å². The SMILES string of the molecule is Nc1cc[15n]([C@@H]2CS[C@H](C(=O)O)O2)[13c](=O)[15n]1.Nc1cc[15n]([C@H]2CS[C@@H](C(=O)O)O2)[13c](=O)[15n]1. The third kappa shape index (κ3) is 5.58. The van der Waals surface area contributed by atoms with Crippen LogP contribution in [-0.4, -0.2) is 63.6 Å². The van der Waals surface area contributed by atoms with Gasteiger partial charge in [0.2, 0.25) is 10.9 Å². The molecule has 0 amide bonds. The highest BCUT2D eigenvalue weighted by atomic mass is 32.2. The first kappa shape index (κ1) is 23.6. The van der Waals surface area contributed by atoms with E-state index in [-0.39, 0.29) is 11.6 Å². The molecule has 2 saturated heterocycles. The molecule has 0 unspecified atom stereocenters. The number of nitrogens with two attached hydrogens (primary N) is 2. The first-order valence-electron chi connectivity index (χ1n) is 8.84. The molecule has 16 heteroatoms. The number of rotatable bonds is 4. The van der Waals surface area contributed by atoms with E-state index in [9.17, 15) is 19.2 Å². The Kier molecular flexibility index (Phi) is 7.39. The number of aromatic nitrogens is 4. The number of aliphatic carboxylic acids is 2. The van der Waals surface area contributed by atoms with Crippen molar-refractivity contribution in [1.29, 1.82) is 0 Å². The molecule has 2 aromatic rings. The fourth-order valence-corrected chi connectivity index (χ4v) is 4.48. The minimum absolute atomic E-state index is 0.127. The number of hydrogen-bond acceptors (Lipinski definition) is 12. The van der Waals surface area contributed by atoms with Crippen LogP contribution in [0.2, 0.25) is 0 Å². The number of nitrogens with zero attached hydrogens (tertiary/aromatic N) is 4. The number of thioether (sulfide) groups is 2. The van der Waals surface area contributed by atoms with Gasteiger partial charge in [-0.25, -0.2) is 19.2 Å². The highest BCUT2D eigenvalue weighted by Crippen LogP contribution is 2.31. The van der Waals surface area contributed by atoms with Gasteiger partial charge in [-0.1, -0.05) is 0 Å². The summed E-state index contributed by atoms with van der Waals surface area (Å²) in [5, 5.41) is 17.4. The van der Waals surface area contributed by atoms with Crippen molar-refractivity contribution >= 4 is 47.1 Å².